The quantitative estimate of drug-likeness (QED) is 0.310. The smallest absolute Gasteiger partial charge is 0.142 e. The van der Waals surface area contributed by atoms with Gasteiger partial charge in [-0.1, -0.05) is 52.6 Å². The molecule has 1 saturated carbocycles. The predicted molar refractivity (Wildman–Crippen MR) is 118 cm³/mol. The van der Waals surface area contributed by atoms with Crippen LogP contribution in [0.2, 0.25) is 10.0 Å². The zero-order chi connectivity index (χ0) is 20.2. The molecule has 3 aromatic rings. The summed E-state index contributed by atoms with van der Waals surface area (Å²) in [5.41, 5.74) is 4.31. The van der Waals surface area contributed by atoms with Crippen LogP contribution in [0.25, 0.3) is 0 Å². The molecule has 0 N–H and O–H groups in total. The number of rotatable bonds is 7. The second-order valence-corrected chi connectivity index (χ2v) is 7.98. The molecule has 29 heavy (non-hydrogen) atoms. The average Bonchev–Trinajstić information content (AvgIpc) is 3.54. The van der Waals surface area contributed by atoms with Gasteiger partial charge >= 0.3 is 0 Å². The van der Waals surface area contributed by atoms with Gasteiger partial charge in [0.15, 0.2) is 0 Å². The summed E-state index contributed by atoms with van der Waals surface area (Å²) in [6.07, 6.45) is 1.04. The number of ether oxygens (including phenoxy) is 1. The summed E-state index contributed by atoms with van der Waals surface area (Å²) in [6.45, 7) is 0.398. The van der Waals surface area contributed by atoms with Crippen LogP contribution in [0.4, 0.5) is 0 Å². The van der Waals surface area contributed by atoms with E-state index < -0.39 is 0 Å². The molecular formula is C24H21Cl2NO2. The van der Waals surface area contributed by atoms with Crippen LogP contribution in [0.1, 0.15) is 29.0 Å². The maximum Gasteiger partial charge on any atom is 0.142 e. The highest BCUT2D eigenvalue weighted by atomic mass is 35.5. The number of nitrogens with zero attached hydrogens (tertiary/aromatic N) is 1. The van der Waals surface area contributed by atoms with Crippen molar-refractivity contribution in [3.8, 4) is 5.75 Å². The minimum Gasteiger partial charge on any atom is -0.497 e. The molecule has 1 fully saturated rings. The molecule has 1 aliphatic carbocycles. The van der Waals surface area contributed by atoms with Crippen LogP contribution >= 0.6 is 23.2 Å². The molecule has 0 aliphatic heterocycles. The first-order valence-corrected chi connectivity index (χ1v) is 10.2. The fourth-order valence-corrected chi connectivity index (χ4v) is 3.68. The third-order valence-electron chi connectivity index (χ3n) is 5.13. The van der Waals surface area contributed by atoms with Crippen molar-refractivity contribution in [2.24, 2.45) is 11.1 Å². The third-order valence-corrected chi connectivity index (χ3v) is 5.64. The van der Waals surface area contributed by atoms with Crippen molar-refractivity contribution in [3.63, 3.8) is 0 Å². The summed E-state index contributed by atoms with van der Waals surface area (Å²) in [5, 5.41) is 6.00. The topological polar surface area (TPSA) is 30.8 Å². The Morgan fingerprint density at radius 2 is 1.52 bits per heavy atom. The summed E-state index contributed by atoms with van der Waals surface area (Å²) in [4.78, 5) is 5.73. The Hall–Kier alpha value is -2.49. The third kappa shape index (κ3) is 4.92. The van der Waals surface area contributed by atoms with Crippen LogP contribution in [0, 0.1) is 5.92 Å². The molecule has 0 amide bonds. The monoisotopic (exact) mass is 425 g/mol. The summed E-state index contributed by atoms with van der Waals surface area (Å²) in [7, 11) is 1.66. The highest BCUT2D eigenvalue weighted by Crippen LogP contribution is 2.49. The fraction of sp³-hybridized carbons (Fsp3) is 0.208. The zero-order valence-corrected chi connectivity index (χ0v) is 17.5. The SMILES string of the molecule is COc1ccc(/C(=N/OCc2ccc(Cl)cc2)[C@H]2C[C@H]2c2ccc(Cl)cc2)cc1. The molecule has 0 bridgehead atoms. The van der Waals surface area contributed by atoms with Gasteiger partial charge in [0.2, 0.25) is 0 Å². The van der Waals surface area contributed by atoms with Gasteiger partial charge in [0, 0.05) is 16.0 Å². The van der Waals surface area contributed by atoms with Gasteiger partial charge in [-0.2, -0.15) is 0 Å². The Morgan fingerprint density at radius 3 is 2.14 bits per heavy atom. The van der Waals surface area contributed by atoms with Gasteiger partial charge in [-0.3, -0.25) is 0 Å². The van der Waals surface area contributed by atoms with Crippen molar-refractivity contribution in [1.29, 1.82) is 0 Å². The van der Waals surface area contributed by atoms with Crippen LogP contribution in [0.3, 0.4) is 0 Å². The van der Waals surface area contributed by atoms with E-state index in [1.807, 2.05) is 60.7 Å². The Balaban J connectivity index is 1.53. The van der Waals surface area contributed by atoms with Gasteiger partial charge in [-0.15, -0.1) is 0 Å². The predicted octanol–water partition coefficient (Wildman–Crippen LogP) is 6.73. The lowest BCUT2D eigenvalue weighted by molar-refractivity contribution is 0.130. The molecule has 3 nitrogen and oxygen atoms in total. The Kier molecular flexibility index (Phi) is 6.08. The number of oxime groups is 1. The number of hydrogen-bond donors (Lipinski definition) is 0. The van der Waals surface area contributed by atoms with Crippen molar-refractivity contribution < 1.29 is 9.57 Å². The van der Waals surface area contributed by atoms with Crippen molar-refractivity contribution in [2.75, 3.05) is 7.11 Å². The van der Waals surface area contributed by atoms with E-state index in [4.69, 9.17) is 32.8 Å². The maximum atomic E-state index is 6.03. The maximum absolute atomic E-state index is 6.03. The average molecular weight is 426 g/mol. The molecule has 4 rings (SSSR count). The van der Waals surface area contributed by atoms with Gasteiger partial charge in [0.25, 0.3) is 0 Å². The number of halogens is 2. The largest absolute Gasteiger partial charge is 0.497 e. The normalized spacial score (nSPS) is 18.4. The first kappa shape index (κ1) is 19.8. The molecule has 0 unspecified atom stereocenters. The lowest BCUT2D eigenvalue weighted by Crippen LogP contribution is -2.07. The van der Waals surface area contributed by atoms with E-state index in [0.29, 0.717) is 23.5 Å². The molecule has 148 valence electrons. The van der Waals surface area contributed by atoms with E-state index in [-0.39, 0.29) is 0 Å². The van der Waals surface area contributed by atoms with Crippen LogP contribution < -0.4 is 4.74 Å². The Bertz CT molecular complexity index is 983. The molecule has 0 saturated heterocycles. The summed E-state index contributed by atoms with van der Waals surface area (Å²) in [6, 6.07) is 23.6. The molecule has 3 aromatic carbocycles. The number of hydrogen-bond acceptors (Lipinski definition) is 3. The van der Waals surface area contributed by atoms with Gasteiger partial charge in [0.1, 0.15) is 12.4 Å². The van der Waals surface area contributed by atoms with Gasteiger partial charge < -0.3 is 9.57 Å². The van der Waals surface area contributed by atoms with E-state index in [0.717, 1.165) is 34.0 Å². The zero-order valence-electron chi connectivity index (χ0n) is 16.0. The number of benzene rings is 3. The van der Waals surface area contributed by atoms with Gasteiger partial charge in [-0.05, 0) is 77.6 Å². The van der Waals surface area contributed by atoms with Crippen LogP contribution in [-0.4, -0.2) is 12.8 Å². The molecule has 0 heterocycles. The minimum atomic E-state index is 0.315. The van der Waals surface area contributed by atoms with Crippen LogP contribution in [0.15, 0.2) is 78.0 Å². The van der Waals surface area contributed by atoms with Crippen LogP contribution in [0.5, 0.6) is 5.75 Å². The minimum absolute atomic E-state index is 0.315. The van der Waals surface area contributed by atoms with Crippen molar-refractivity contribution >= 4 is 28.9 Å². The number of methoxy groups -OCH3 is 1. The lowest BCUT2D eigenvalue weighted by Gasteiger charge is -2.09. The van der Waals surface area contributed by atoms with Crippen LogP contribution in [-0.2, 0) is 11.4 Å². The summed E-state index contributed by atoms with van der Waals surface area (Å²) < 4.78 is 5.28. The fourth-order valence-electron chi connectivity index (χ4n) is 3.43. The second-order valence-electron chi connectivity index (χ2n) is 7.11. The summed E-state index contributed by atoms with van der Waals surface area (Å²) in [5.74, 6) is 1.56. The molecule has 2 atom stereocenters. The van der Waals surface area contributed by atoms with Crippen molar-refractivity contribution in [2.45, 2.75) is 18.9 Å². The van der Waals surface area contributed by atoms with E-state index in [1.165, 1.54) is 5.56 Å². The summed E-state index contributed by atoms with van der Waals surface area (Å²) >= 11 is 12.0. The van der Waals surface area contributed by atoms with Crippen molar-refractivity contribution in [3.05, 3.63) is 99.5 Å². The van der Waals surface area contributed by atoms with E-state index in [9.17, 15) is 0 Å². The first-order valence-electron chi connectivity index (χ1n) is 9.48. The Morgan fingerprint density at radius 1 is 0.897 bits per heavy atom. The lowest BCUT2D eigenvalue weighted by atomic mass is 10.0. The Labute approximate surface area is 180 Å². The van der Waals surface area contributed by atoms with E-state index in [2.05, 4.69) is 17.3 Å². The molecule has 5 heteroatoms. The second kappa shape index (κ2) is 8.89. The molecule has 0 aromatic heterocycles. The standard InChI is InChI=1S/C24H21Cl2NO2/c1-28-21-12-6-18(7-13-21)24(27-29-15-16-2-8-19(25)9-3-16)23-14-22(23)17-4-10-20(26)11-5-17/h2-13,22-23H,14-15H2,1H3/b27-24-/t22-,23-/m0/s1. The molecule has 0 radical (unpaired) electrons. The van der Waals surface area contributed by atoms with E-state index >= 15 is 0 Å². The molecule has 0 spiro atoms. The molecule has 1 aliphatic rings. The van der Waals surface area contributed by atoms with Crippen molar-refractivity contribution in [1.82, 2.24) is 0 Å². The first-order chi connectivity index (χ1) is 14.1. The highest BCUT2D eigenvalue weighted by molar-refractivity contribution is 6.30. The van der Waals surface area contributed by atoms with Gasteiger partial charge in [-0.25, -0.2) is 0 Å². The highest BCUT2D eigenvalue weighted by Gasteiger charge is 2.43. The molecular weight excluding hydrogens is 405 g/mol. The van der Waals surface area contributed by atoms with Gasteiger partial charge in [0.05, 0.1) is 12.8 Å². The van der Waals surface area contributed by atoms with E-state index in [1.54, 1.807) is 7.11 Å².